The Bertz CT molecular complexity index is 9190. The van der Waals surface area contributed by atoms with Gasteiger partial charge in [-0.25, -0.2) is 0 Å². The zero-order chi connectivity index (χ0) is 94.7. The molecule has 0 unspecified atom stereocenters. The average molecular weight is 1890 g/mol. The van der Waals surface area contributed by atoms with Gasteiger partial charge in [0.05, 0.1) is 16.1 Å². The van der Waals surface area contributed by atoms with Crippen molar-refractivity contribution in [3.8, 4) is 22.3 Å². The van der Waals surface area contributed by atoms with Crippen LogP contribution < -0.4 is 61.1 Å². The maximum Gasteiger partial charge on any atom is 0.184 e. The third kappa shape index (κ3) is 12.9. The Morgan fingerprint density at radius 2 is 0.486 bits per heavy atom. The Morgan fingerprint density at radius 3 is 0.903 bits per heavy atom. The third-order valence-corrected chi connectivity index (χ3v) is 40.7. The highest BCUT2D eigenvalue weighted by Crippen LogP contribution is 2.52. The van der Waals surface area contributed by atoms with Gasteiger partial charge in [0.2, 0.25) is 0 Å². The average Bonchev–Trinajstić information content (AvgIpc) is 0.848. The van der Waals surface area contributed by atoms with Crippen molar-refractivity contribution in [3.05, 3.63) is 510 Å². The van der Waals surface area contributed by atoms with Gasteiger partial charge < -0.3 is 41.7 Å². The summed E-state index contributed by atoms with van der Waals surface area (Å²) in [5.41, 5.74) is 26.3. The third-order valence-electron chi connectivity index (χ3n) is 29.9. The summed E-state index contributed by atoms with van der Waals surface area (Å²) in [5.74, 6) is 0. The highest BCUT2D eigenvalue weighted by Gasteiger charge is 2.52. The second kappa shape index (κ2) is 33.2. The fourth-order valence-electron chi connectivity index (χ4n) is 23.5. The van der Waals surface area contributed by atoms with Crippen LogP contribution in [0.25, 0.3) is 152 Å². The van der Waals surface area contributed by atoms with E-state index in [9.17, 15) is 0 Å². The molecule has 30 rings (SSSR count). The molecule has 28 aromatic rings. The largest absolute Gasteiger partial charge is 0.456 e. The first-order valence-electron chi connectivity index (χ1n) is 49.0. The van der Waals surface area contributed by atoms with Crippen LogP contribution in [0, 0.1) is 0 Å². The number of rotatable bonds is 14. The van der Waals surface area contributed by atoms with Crippen LogP contribution in [-0.4, -0.2) is 16.1 Å². The molecular formula is C132H84N4O5SSi2. The number of benzene rings is 22. The molecular weight excluding hydrogens is 1810 g/mol. The van der Waals surface area contributed by atoms with Crippen LogP contribution in [0.5, 0.6) is 0 Å². The van der Waals surface area contributed by atoms with Crippen LogP contribution in [0.4, 0.5) is 68.2 Å². The molecule has 0 spiro atoms. The van der Waals surface area contributed by atoms with E-state index in [1.807, 2.05) is 29.5 Å². The summed E-state index contributed by atoms with van der Waals surface area (Å²) in [6, 6.07) is 185. The Kier molecular flexibility index (Phi) is 19.1. The normalized spacial score (nSPS) is 13.1. The van der Waals surface area contributed by atoms with Crippen LogP contribution in [0.1, 0.15) is 0 Å². The van der Waals surface area contributed by atoms with Crippen molar-refractivity contribution < 1.29 is 22.1 Å². The van der Waals surface area contributed by atoms with Crippen LogP contribution in [0.3, 0.4) is 0 Å². The van der Waals surface area contributed by atoms with E-state index >= 15 is 0 Å². The van der Waals surface area contributed by atoms with E-state index in [0.29, 0.717) is 0 Å². The molecule has 0 bridgehead atoms. The van der Waals surface area contributed by atoms with Crippen LogP contribution in [0.2, 0.25) is 0 Å². The Labute approximate surface area is 834 Å². The number of anilines is 12. The standard InChI is InChI=1S/C66H42N2O3Si.C66H42N2O2SSi/c1-3-16-43(17-4-1)44-30-32-46(33-31-44)67(57-25-15-23-55-52-22-9-13-28-61(52)71-66(55)57)47-34-39-65-58(40-47)68(45-18-5-2-6-19-45)56-24-10-14-29-64(56)72(65,48-35-37-53-50-20-7-11-26-59(50)69-62(53)41-48)49-36-38-54-51-21-8-12-27-60(51)70-63(54)42-49;1-3-16-43(17-4-1)44-30-32-46(33-31-44)67(57-25-15-23-55-54-22-9-13-28-63(54)71-66(55)57)47-34-39-65-58(40-47)68(45-18-5-2-6-19-45)56-24-10-14-29-64(56)72(65,48-35-37-52-50-20-7-11-26-59(50)69-61(52)41-48)49-36-38-53-51-21-8-12-27-60(51)70-62(53)42-49/h2*1-42H. The smallest absolute Gasteiger partial charge is 0.184 e. The fraction of sp³-hybridized carbons (Fsp3) is 0. The lowest BCUT2D eigenvalue weighted by molar-refractivity contribution is 0.668. The molecule has 0 aliphatic carbocycles. The highest BCUT2D eigenvalue weighted by atomic mass is 32.1. The molecule has 0 radical (unpaired) electrons. The molecule has 676 valence electrons. The summed E-state index contributed by atoms with van der Waals surface area (Å²) in [4.78, 5) is 9.81. The van der Waals surface area contributed by atoms with Crippen molar-refractivity contribution in [2.24, 2.45) is 0 Å². The first-order chi connectivity index (χ1) is 71.4. The zero-order valence-electron chi connectivity index (χ0n) is 77.7. The van der Waals surface area contributed by atoms with Crippen molar-refractivity contribution in [2.45, 2.75) is 0 Å². The van der Waals surface area contributed by atoms with Gasteiger partial charge in [0, 0.05) is 126 Å². The Morgan fingerprint density at radius 1 is 0.188 bits per heavy atom. The van der Waals surface area contributed by atoms with Crippen molar-refractivity contribution in [2.75, 3.05) is 19.6 Å². The lowest BCUT2D eigenvalue weighted by Gasteiger charge is -2.45. The Balaban J connectivity index is 0.000000137. The first kappa shape index (κ1) is 82.7. The minimum atomic E-state index is -3.31. The van der Waals surface area contributed by atoms with Gasteiger partial charge in [-0.3, -0.25) is 0 Å². The summed E-state index contributed by atoms with van der Waals surface area (Å²) in [5, 5.41) is 23.6. The Hall–Kier alpha value is -18.3. The highest BCUT2D eigenvalue weighted by molar-refractivity contribution is 7.26. The molecule has 9 nitrogen and oxygen atoms in total. The van der Waals surface area contributed by atoms with Gasteiger partial charge in [0.25, 0.3) is 0 Å². The van der Waals surface area contributed by atoms with E-state index in [0.717, 1.165) is 184 Å². The van der Waals surface area contributed by atoms with Gasteiger partial charge in [-0.2, -0.15) is 0 Å². The molecule has 8 heterocycles. The van der Waals surface area contributed by atoms with Gasteiger partial charge >= 0.3 is 0 Å². The van der Waals surface area contributed by atoms with E-state index in [-0.39, 0.29) is 0 Å². The molecule has 144 heavy (non-hydrogen) atoms. The van der Waals surface area contributed by atoms with Gasteiger partial charge in [-0.1, -0.05) is 352 Å². The summed E-state index contributed by atoms with van der Waals surface area (Å²) in [6.45, 7) is 0. The van der Waals surface area contributed by atoms with E-state index in [1.165, 1.54) is 78.4 Å². The van der Waals surface area contributed by atoms with Crippen molar-refractivity contribution in [1.29, 1.82) is 0 Å². The van der Waals surface area contributed by atoms with Gasteiger partial charge in [-0.15, -0.1) is 11.3 Å². The molecule has 0 fully saturated rings. The van der Waals surface area contributed by atoms with Gasteiger partial charge in [0.15, 0.2) is 21.7 Å². The number of hydrogen-bond donors (Lipinski definition) is 0. The molecule has 2 aliphatic heterocycles. The fourth-order valence-corrected chi connectivity index (χ4v) is 34.8. The minimum Gasteiger partial charge on any atom is -0.456 e. The summed E-state index contributed by atoms with van der Waals surface area (Å²) >= 11 is 1.86. The van der Waals surface area contributed by atoms with Crippen LogP contribution >= 0.6 is 11.3 Å². The second-order valence-electron chi connectivity index (χ2n) is 37.5. The number of nitrogens with zero attached hydrogens (tertiary/aromatic N) is 4. The van der Waals surface area contributed by atoms with E-state index in [1.54, 1.807) is 0 Å². The predicted molar refractivity (Wildman–Crippen MR) is 606 cm³/mol. The summed E-state index contributed by atoms with van der Waals surface area (Å²) in [7, 11) is -6.60. The number of para-hydroxylation sites is 10. The first-order valence-corrected chi connectivity index (χ1v) is 53.8. The topological polar surface area (TPSA) is 78.7 Å². The summed E-state index contributed by atoms with van der Waals surface area (Å²) < 4.78 is 36.4. The molecule has 0 atom stereocenters. The predicted octanol–water partition coefficient (Wildman–Crippen LogP) is 31.8. The van der Waals surface area contributed by atoms with E-state index in [2.05, 4.69) is 511 Å². The molecule has 0 saturated heterocycles. The monoisotopic (exact) mass is 1890 g/mol. The molecule has 22 aromatic carbocycles. The van der Waals surface area contributed by atoms with Crippen molar-refractivity contribution >= 4 is 267 Å². The van der Waals surface area contributed by atoms with Crippen molar-refractivity contribution in [3.63, 3.8) is 0 Å². The van der Waals surface area contributed by atoms with Crippen molar-refractivity contribution in [1.82, 2.24) is 0 Å². The molecule has 6 aromatic heterocycles. The second-order valence-corrected chi connectivity index (χ2v) is 46.0. The molecule has 0 saturated carbocycles. The lowest BCUT2D eigenvalue weighted by atomic mass is 10.0. The summed E-state index contributed by atoms with van der Waals surface area (Å²) in [6.07, 6.45) is 0. The maximum atomic E-state index is 6.85. The van der Waals surface area contributed by atoms with E-state index in [4.69, 9.17) is 22.1 Å². The number of fused-ring (bicyclic) bond motifs is 22. The van der Waals surface area contributed by atoms with Gasteiger partial charge in [0.1, 0.15) is 50.2 Å². The minimum absolute atomic E-state index is 0.829. The van der Waals surface area contributed by atoms with Crippen LogP contribution in [-0.2, 0) is 0 Å². The quantitative estimate of drug-likeness (QED) is 0.0989. The number of thiophene rings is 1. The SMILES string of the molecule is c1ccc(-c2ccc(N(c3ccc4c(c3)N(c3ccccc3)c3ccccc3[Si]4(c3ccc4c(c3)oc3ccccc34)c3ccc4c(c3)oc3ccccc34)c3cccc4c3oc3ccccc34)cc2)cc1.c1ccc(-c2ccc(N(c3ccc4c(c3)N(c3ccccc3)c3ccccc3[Si]4(c3ccc4c(c3)oc3ccccc34)c3ccc4c(c3)oc3ccccc34)c3cccc4c3sc3ccccc34)cc2)cc1. The molecule has 12 heteroatoms. The number of furan rings is 5. The maximum absolute atomic E-state index is 6.85. The molecule has 0 N–H and O–H groups in total. The lowest BCUT2D eigenvalue weighted by Crippen LogP contribution is -2.77. The van der Waals surface area contributed by atoms with E-state index < -0.39 is 16.1 Å². The van der Waals surface area contributed by atoms with Crippen LogP contribution in [0.15, 0.2) is 532 Å². The van der Waals surface area contributed by atoms with Gasteiger partial charge in [-0.05, 0) is 221 Å². The molecule has 2 aliphatic rings. The number of hydrogen-bond acceptors (Lipinski definition) is 10. The molecule has 0 amide bonds. The zero-order valence-corrected chi connectivity index (χ0v) is 80.6.